The number of amides is 3. The number of halogens is 5. The molecule has 3 aromatic rings. The Hall–Kier alpha value is -3.95. The fourth-order valence-electron chi connectivity index (χ4n) is 3.88. The molecule has 1 fully saturated rings. The van der Waals surface area contributed by atoms with Gasteiger partial charge in [0.25, 0.3) is 0 Å². The molecule has 5 nitrogen and oxygen atoms in total. The predicted molar refractivity (Wildman–Crippen MR) is 121 cm³/mol. The van der Waals surface area contributed by atoms with E-state index in [4.69, 9.17) is 0 Å². The molecular weight excluding hydrogens is 469 g/mol. The van der Waals surface area contributed by atoms with Gasteiger partial charge in [-0.05, 0) is 60.9 Å². The zero-order chi connectivity index (χ0) is 25.2. The van der Waals surface area contributed by atoms with Crippen molar-refractivity contribution in [3.8, 4) is 11.1 Å². The maximum Gasteiger partial charge on any atom is 0.416 e. The molecule has 2 N–H and O–H groups in total. The first-order valence-electron chi connectivity index (χ1n) is 10.7. The Morgan fingerprint density at radius 3 is 2.29 bits per heavy atom. The van der Waals surface area contributed by atoms with Crippen LogP contribution < -0.4 is 15.5 Å². The molecule has 0 aliphatic carbocycles. The third kappa shape index (κ3) is 5.42. The number of alkyl halides is 3. The van der Waals surface area contributed by atoms with Gasteiger partial charge in [-0.1, -0.05) is 24.3 Å². The lowest BCUT2D eigenvalue weighted by Crippen LogP contribution is -2.53. The van der Waals surface area contributed by atoms with E-state index in [1.807, 2.05) is 0 Å². The molecule has 3 amide bonds. The van der Waals surface area contributed by atoms with E-state index >= 15 is 0 Å². The second kappa shape index (κ2) is 9.73. The van der Waals surface area contributed by atoms with Crippen molar-refractivity contribution in [2.75, 3.05) is 16.8 Å². The van der Waals surface area contributed by atoms with Gasteiger partial charge in [-0.2, -0.15) is 13.2 Å². The van der Waals surface area contributed by atoms with Crippen LogP contribution >= 0.6 is 0 Å². The molecule has 1 heterocycles. The fourth-order valence-corrected chi connectivity index (χ4v) is 3.88. The van der Waals surface area contributed by atoms with Crippen LogP contribution in [0.15, 0.2) is 66.7 Å². The van der Waals surface area contributed by atoms with Crippen molar-refractivity contribution >= 4 is 23.3 Å². The Kier molecular flexibility index (Phi) is 6.72. The number of rotatable bonds is 4. The average molecular weight is 489 g/mol. The minimum atomic E-state index is -4.48. The molecule has 0 radical (unpaired) electrons. The van der Waals surface area contributed by atoms with Gasteiger partial charge in [0.1, 0.15) is 6.04 Å². The molecule has 1 atom stereocenters. The van der Waals surface area contributed by atoms with Gasteiger partial charge >= 0.3 is 12.2 Å². The lowest BCUT2D eigenvalue weighted by atomic mass is 10.0. The van der Waals surface area contributed by atoms with E-state index in [-0.39, 0.29) is 17.2 Å². The lowest BCUT2D eigenvalue weighted by Gasteiger charge is -2.32. The largest absolute Gasteiger partial charge is 0.416 e. The minimum Gasteiger partial charge on any atom is -0.326 e. The average Bonchev–Trinajstić information content (AvgIpc) is 2.82. The van der Waals surface area contributed by atoms with E-state index in [0.717, 1.165) is 30.3 Å². The molecule has 1 aliphatic rings. The first-order chi connectivity index (χ1) is 16.6. The van der Waals surface area contributed by atoms with E-state index in [0.29, 0.717) is 30.6 Å². The van der Waals surface area contributed by atoms with Crippen molar-refractivity contribution in [3.63, 3.8) is 0 Å². The van der Waals surface area contributed by atoms with Gasteiger partial charge in [0.15, 0.2) is 11.6 Å². The van der Waals surface area contributed by atoms with Gasteiger partial charge < -0.3 is 15.5 Å². The Bertz CT molecular complexity index is 1230. The number of nitrogens with zero attached hydrogens (tertiary/aromatic N) is 1. The Labute approximate surface area is 197 Å². The smallest absolute Gasteiger partial charge is 0.326 e. The summed E-state index contributed by atoms with van der Waals surface area (Å²) in [6, 6.07) is 12.7. The first-order valence-corrected chi connectivity index (χ1v) is 10.7. The second-order valence-corrected chi connectivity index (χ2v) is 8.01. The summed E-state index contributed by atoms with van der Waals surface area (Å²) < 4.78 is 65.6. The molecule has 0 saturated carbocycles. The maximum absolute atomic E-state index is 14.1. The highest BCUT2D eigenvalue weighted by atomic mass is 19.4. The van der Waals surface area contributed by atoms with Crippen LogP contribution in [-0.4, -0.2) is 24.5 Å². The van der Waals surface area contributed by atoms with Crippen LogP contribution in [0.4, 0.5) is 38.1 Å². The highest BCUT2D eigenvalue weighted by molar-refractivity contribution is 6.01. The molecule has 1 aliphatic heterocycles. The highest BCUT2D eigenvalue weighted by Crippen LogP contribution is 2.30. The van der Waals surface area contributed by atoms with E-state index in [1.165, 1.54) is 17.0 Å². The molecule has 0 aromatic heterocycles. The van der Waals surface area contributed by atoms with E-state index in [2.05, 4.69) is 10.6 Å². The summed E-state index contributed by atoms with van der Waals surface area (Å²) >= 11 is 0. The Morgan fingerprint density at radius 1 is 0.943 bits per heavy atom. The topological polar surface area (TPSA) is 61.4 Å². The minimum absolute atomic E-state index is 0.0981. The standard InChI is InChI=1S/C25H20F5N3O2/c26-20-4-1-3-19(22(20)27)15-6-12-18(13-7-15)33-14-2-5-21(23(33)34)32-24(35)31-17-10-8-16(9-11-17)25(28,29)30/h1,3-4,6-13,21H,2,5,14H2,(H2,31,32,35)/t21-/m1/s1. The van der Waals surface area contributed by atoms with Crippen molar-refractivity contribution in [1.82, 2.24) is 5.32 Å². The van der Waals surface area contributed by atoms with Gasteiger partial charge in [0.05, 0.1) is 5.56 Å². The number of nitrogens with one attached hydrogen (secondary N) is 2. The van der Waals surface area contributed by atoms with Gasteiger partial charge in [0.2, 0.25) is 5.91 Å². The van der Waals surface area contributed by atoms with E-state index in [9.17, 15) is 31.5 Å². The van der Waals surface area contributed by atoms with Crippen LogP contribution in [0.1, 0.15) is 18.4 Å². The zero-order valence-electron chi connectivity index (χ0n) is 18.2. The fraction of sp³-hybridized carbons (Fsp3) is 0.200. The van der Waals surface area contributed by atoms with Gasteiger partial charge in [-0.25, -0.2) is 13.6 Å². The third-order valence-electron chi connectivity index (χ3n) is 5.66. The van der Waals surface area contributed by atoms with Crippen molar-refractivity contribution in [3.05, 3.63) is 83.9 Å². The van der Waals surface area contributed by atoms with Crippen LogP contribution in [0.3, 0.4) is 0 Å². The molecule has 35 heavy (non-hydrogen) atoms. The van der Waals surface area contributed by atoms with Gasteiger partial charge in [-0.3, -0.25) is 4.79 Å². The summed E-state index contributed by atoms with van der Waals surface area (Å²) in [5.41, 5.74) is 0.385. The van der Waals surface area contributed by atoms with Crippen molar-refractivity contribution in [2.24, 2.45) is 0 Å². The summed E-state index contributed by atoms with van der Waals surface area (Å²) in [6.07, 6.45) is -3.50. The zero-order valence-corrected chi connectivity index (χ0v) is 18.2. The van der Waals surface area contributed by atoms with Crippen LogP contribution in [0, 0.1) is 11.6 Å². The summed E-state index contributed by atoms with van der Waals surface area (Å²) in [4.78, 5) is 26.8. The molecular formula is C25H20F5N3O2. The summed E-state index contributed by atoms with van der Waals surface area (Å²) in [5.74, 6) is -2.28. The SMILES string of the molecule is O=C(Nc1ccc(C(F)(F)F)cc1)N[C@@H]1CCCN(c2ccc(-c3cccc(F)c3F)cc2)C1=O. The molecule has 4 rings (SSSR count). The number of hydrogen-bond acceptors (Lipinski definition) is 2. The molecule has 0 unspecified atom stereocenters. The molecule has 0 spiro atoms. The third-order valence-corrected chi connectivity index (χ3v) is 5.66. The quantitative estimate of drug-likeness (QED) is 0.444. The number of hydrogen-bond donors (Lipinski definition) is 2. The van der Waals surface area contributed by atoms with E-state index < -0.39 is 35.4 Å². The summed E-state index contributed by atoms with van der Waals surface area (Å²) in [5, 5.41) is 4.98. The highest BCUT2D eigenvalue weighted by Gasteiger charge is 2.32. The molecule has 1 saturated heterocycles. The molecule has 3 aromatic carbocycles. The Balaban J connectivity index is 1.41. The lowest BCUT2D eigenvalue weighted by molar-refractivity contribution is -0.137. The molecule has 10 heteroatoms. The first kappa shape index (κ1) is 24.2. The number of benzene rings is 3. The summed E-state index contributed by atoms with van der Waals surface area (Å²) in [6.45, 7) is 0.408. The molecule has 0 bridgehead atoms. The van der Waals surface area contributed by atoms with Crippen LogP contribution in [0.25, 0.3) is 11.1 Å². The number of carbonyl (C=O) groups excluding carboxylic acids is 2. The normalized spacial score (nSPS) is 16.2. The van der Waals surface area contributed by atoms with Gasteiger partial charge in [-0.15, -0.1) is 0 Å². The summed E-state index contributed by atoms with van der Waals surface area (Å²) in [7, 11) is 0. The van der Waals surface area contributed by atoms with Crippen molar-refractivity contribution in [1.29, 1.82) is 0 Å². The van der Waals surface area contributed by atoms with Crippen LogP contribution in [0.2, 0.25) is 0 Å². The van der Waals surface area contributed by atoms with Crippen LogP contribution in [0.5, 0.6) is 0 Å². The predicted octanol–water partition coefficient (Wildman–Crippen LogP) is 5.97. The van der Waals surface area contributed by atoms with E-state index in [1.54, 1.807) is 24.3 Å². The number of piperidine rings is 1. The molecule has 182 valence electrons. The van der Waals surface area contributed by atoms with Crippen molar-refractivity contribution in [2.45, 2.75) is 25.1 Å². The number of anilines is 2. The van der Waals surface area contributed by atoms with Crippen LogP contribution in [-0.2, 0) is 11.0 Å². The number of carbonyl (C=O) groups is 2. The van der Waals surface area contributed by atoms with Crippen molar-refractivity contribution < 1.29 is 31.5 Å². The van der Waals surface area contributed by atoms with Gasteiger partial charge in [0, 0.05) is 23.5 Å². The maximum atomic E-state index is 14.1. The second-order valence-electron chi connectivity index (χ2n) is 8.01. The monoisotopic (exact) mass is 489 g/mol. The number of urea groups is 1. The Morgan fingerprint density at radius 2 is 1.63 bits per heavy atom.